The number of hydrogen-bond donors (Lipinski definition) is 1. The first kappa shape index (κ1) is 32.6. The molecular weight excluding hydrogens is 605 g/mol. The average molecular weight is 639 g/mol. The summed E-state index contributed by atoms with van der Waals surface area (Å²) in [6, 6.07) is 16.9. The number of amides is 2. The minimum absolute atomic E-state index is 0.0226. The zero-order chi connectivity index (χ0) is 30.2. The number of anilines is 1. The molecule has 0 aliphatic rings. The minimum atomic E-state index is -4.20. The molecule has 3 aromatic carbocycles. The smallest absolute Gasteiger partial charge is 0.264 e. The standard InChI is InChI=1S/C29H33Cl2N3O5S2/c1-5-32-29(36)20(3)33(18-25-26(30)8-7-9-27(25)31)28(35)19-34(21-10-12-22(13-11-21)39-6-2)41(37,38)24-16-14-23(40-4)15-17-24/h7-17,20H,5-6,18-19H2,1-4H3,(H,32,36). The SMILES string of the molecule is CCNC(=O)C(C)N(Cc1c(Cl)cccc1Cl)C(=O)CN(c1ccc(OCC)cc1)S(=O)(=O)c1ccc(SC)cc1. The minimum Gasteiger partial charge on any atom is -0.494 e. The number of carbonyl (C=O) groups is 2. The topological polar surface area (TPSA) is 96.0 Å². The maximum absolute atomic E-state index is 14.0. The van der Waals surface area contributed by atoms with Crippen molar-refractivity contribution in [1.29, 1.82) is 0 Å². The number of sulfonamides is 1. The van der Waals surface area contributed by atoms with Crippen LogP contribution < -0.4 is 14.4 Å². The predicted octanol–water partition coefficient (Wildman–Crippen LogP) is 5.86. The molecule has 1 atom stereocenters. The van der Waals surface area contributed by atoms with E-state index in [2.05, 4.69) is 5.32 Å². The number of nitrogens with one attached hydrogen (secondary N) is 1. The Labute approximate surface area is 256 Å². The van der Waals surface area contributed by atoms with E-state index in [-0.39, 0.29) is 17.1 Å². The lowest BCUT2D eigenvalue weighted by molar-refractivity contribution is -0.139. The number of nitrogens with zero attached hydrogens (tertiary/aromatic N) is 2. The lowest BCUT2D eigenvalue weighted by Gasteiger charge is -2.32. The first-order chi connectivity index (χ1) is 19.5. The number of ether oxygens (including phenoxy) is 1. The highest BCUT2D eigenvalue weighted by Crippen LogP contribution is 2.29. The lowest BCUT2D eigenvalue weighted by atomic mass is 10.1. The molecule has 0 saturated carbocycles. The Morgan fingerprint density at radius 2 is 1.59 bits per heavy atom. The maximum atomic E-state index is 14.0. The lowest BCUT2D eigenvalue weighted by Crippen LogP contribution is -2.51. The molecule has 12 heteroatoms. The molecule has 0 aliphatic carbocycles. The van der Waals surface area contributed by atoms with Crippen LogP contribution in [0, 0.1) is 0 Å². The molecule has 3 aromatic rings. The molecule has 0 saturated heterocycles. The highest BCUT2D eigenvalue weighted by molar-refractivity contribution is 7.98. The Kier molecular flexibility index (Phi) is 11.8. The van der Waals surface area contributed by atoms with Crippen molar-refractivity contribution in [2.75, 3.05) is 30.3 Å². The monoisotopic (exact) mass is 637 g/mol. The Morgan fingerprint density at radius 1 is 0.976 bits per heavy atom. The molecule has 3 rings (SSSR count). The molecule has 220 valence electrons. The molecule has 0 heterocycles. The van der Waals surface area contributed by atoms with Gasteiger partial charge in [0.2, 0.25) is 11.8 Å². The third-order valence-electron chi connectivity index (χ3n) is 6.27. The van der Waals surface area contributed by atoms with Crippen LogP contribution in [0.4, 0.5) is 5.69 Å². The van der Waals surface area contributed by atoms with Crippen molar-refractivity contribution >= 4 is 62.5 Å². The van der Waals surface area contributed by atoms with Crippen LogP contribution >= 0.6 is 35.0 Å². The Hall–Kier alpha value is -2.92. The molecular formula is C29H33Cl2N3O5S2. The number of benzene rings is 3. The van der Waals surface area contributed by atoms with Gasteiger partial charge in [0.1, 0.15) is 18.3 Å². The molecule has 8 nitrogen and oxygen atoms in total. The van der Waals surface area contributed by atoms with E-state index in [4.69, 9.17) is 27.9 Å². The van der Waals surface area contributed by atoms with Crippen LogP contribution in [0.5, 0.6) is 5.75 Å². The molecule has 0 radical (unpaired) electrons. The highest BCUT2D eigenvalue weighted by Gasteiger charge is 2.33. The third-order valence-corrected chi connectivity index (χ3v) is 9.51. The van der Waals surface area contributed by atoms with Gasteiger partial charge in [-0.25, -0.2) is 8.42 Å². The van der Waals surface area contributed by atoms with E-state index in [1.165, 1.54) is 28.8 Å². The molecule has 0 fully saturated rings. The summed E-state index contributed by atoms with van der Waals surface area (Å²) < 4.78 is 34.5. The second kappa shape index (κ2) is 14.8. The summed E-state index contributed by atoms with van der Waals surface area (Å²) in [5.41, 5.74) is 0.709. The summed E-state index contributed by atoms with van der Waals surface area (Å²) >= 11 is 14.3. The van der Waals surface area contributed by atoms with Crippen molar-refractivity contribution in [3.63, 3.8) is 0 Å². The Morgan fingerprint density at radius 3 is 2.12 bits per heavy atom. The van der Waals surface area contributed by atoms with Crippen molar-refractivity contribution in [2.24, 2.45) is 0 Å². The van der Waals surface area contributed by atoms with E-state index < -0.39 is 34.4 Å². The molecule has 0 aromatic heterocycles. The number of likely N-dealkylation sites (N-methyl/N-ethyl adjacent to an activating group) is 1. The maximum Gasteiger partial charge on any atom is 0.264 e. The van der Waals surface area contributed by atoms with Gasteiger partial charge in [0.15, 0.2) is 0 Å². The third kappa shape index (κ3) is 8.09. The van der Waals surface area contributed by atoms with Gasteiger partial charge < -0.3 is 15.0 Å². The van der Waals surface area contributed by atoms with E-state index in [1.807, 2.05) is 13.2 Å². The van der Waals surface area contributed by atoms with Crippen LogP contribution in [-0.2, 0) is 26.2 Å². The van der Waals surface area contributed by atoms with Gasteiger partial charge in [0.05, 0.1) is 17.2 Å². The Bertz CT molecular complexity index is 1430. The first-order valence-corrected chi connectivity index (χ1v) is 16.3. The van der Waals surface area contributed by atoms with E-state index in [1.54, 1.807) is 68.4 Å². The van der Waals surface area contributed by atoms with Crippen LogP contribution in [0.1, 0.15) is 26.3 Å². The zero-order valence-electron chi connectivity index (χ0n) is 23.3. The summed E-state index contributed by atoms with van der Waals surface area (Å²) in [5, 5.41) is 3.36. The van der Waals surface area contributed by atoms with Gasteiger partial charge in [-0.1, -0.05) is 29.3 Å². The molecule has 0 bridgehead atoms. The van der Waals surface area contributed by atoms with Gasteiger partial charge in [-0.05, 0) is 87.7 Å². The van der Waals surface area contributed by atoms with Crippen molar-refractivity contribution in [2.45, 2.75) is 43.1 Å². The molecule has 0 aliphatic heterocycles. The quantitative estimate of drug-likeness (QED) is 0.236. The number of rotatable bonds is 13. The number of halogens is 2. The fraction of sp³-hybridized carbons (Fsp3) is 0.310. The van der Waals surface area contributed by atoms with E-state index in [0.717, 1.165) is 9.20 Å². The number of carbonyl (C=O) groups excluding carboxylic acids is 2. The second-order valence-corrected chi connectivity index (χ2v) is 12.5. The van der Waals surface area contributed by atoms with E-state index in [9.17, 15) is 18.0 Å². The molecule has 1 unspecified atom stereocenters. The van der Waals surface area contributed by atoms with Crippen LogP contribution in [-0.4, -0.2) is 57.1 Å². The summed E-state index contributed by atoms with van der Waals surface area (Å²) in [6.45, 7) is 5.31. The molecule has 0 spiro atoms. The van der Waals surface area contributed by atoms with Crippen LogP contribution in [0.15, 0.2) is 76.5 Å². The van der Waals surface area contributed by atoms with Gasteiger partial charge in [0.25, 0.3) is 10.0 Å². The fourth-order valence-electron chi connectivity index (χ4n) is 4.04. The summed E-state index contributed by atoms with van der Waals surface area (Å²) in [4.78, 5) is 29.0. The number of thioether (sulfide) groups is 1. The second-order valence-electron chi connectivity index (χ2n) is 8.91. The summed E-state index contributed by atoms with van der Waals surface area (Å²) in [6.07, 6.45) is 1.89. The fourth-order valence-corrected chi connectivity index (χ4v) is 6.38. The van der Waals surface area contributed by atoms with E-state index >= 15 is 0 Å². The van der Waals surface area contributed by atoms with E-state index in [0.29, 0.717) is 34.5 Å². The zero-order valence-corrected chi connectivity index (χ0v) is 26.4. The van der Waals surface area contributed by atoms with Crippen molar-refractivity contribution in [1.82, 2.24) is 10.2 Å². The predicted molar refractivity (Wildman–Crippen MR) is 166 cm³/mol. The van der Waals surface area contributed by atoms with Gasteiger partial charge in [-0.3, -0.25) is 13.9 Å². The first-order valence-electron chi connectivity index (χ1n) is 12.9. The van der Waals surface area contributed by atoms with Crippen molar-refractivity contribution in [3.8, 4) is 5.75 Å². The van der Waals surface area contributed by atoms with Gasteiger partial charge >= 0.3 is 0 Å². The average Bonchev–Trinajstić information content (AvgIpc) is 2.96. The normalized spacial score (nSPS) is 12.0. The van der Waals surface area contributed by atoms with Crippen LogP contribution in [0.25, 0.3) is 0 Å². The molecule has 41 heavy (non-hydrogen) atoms. The highest BCUT2D eigenvalue weighted by atomic mass is 35.5. The van der Waals surface area contributed by atoms with Crippen molar-refractivity contribution in [3.05, 3.63) is 82.3 Å². The Balaban J connectivity index is 2.07. The largest absolute Gasteiger partial charge is 0.494 e. The molecule has 1 N–H and O–H groups in total. The van der Waals surface area contributed by atoms with Gasteiger partial charge in [-0.2, -0.15) is 0 Å². The number of hydrogen-bond acceptors (Lipinski definition) is 6. The molecule has 2 amide bonds. The summed E-state index contributed by atoms with van der Waals surface area (Å²) in [7, 11) is -4.20. The van der Waals surface area contributed by atoms with Gasteiger partial charge in [0, 0.05) is 33.6 Å². The summed E-state index contributed by atoms with van der Waals surface area (Å²) in [5.74, 6) is -0.450. The van der Waals surface area contributed by atoms with Crippen LogP contribution in [0.2, 0.25) is 10.0 Å². The van der Waals surface area contributed by atoms with Gasteiger partial charge in [-0.15, -0.1) is 11.8 Å². The van der Waals surface area contributed by atoms with Crippen molar-refractivity contribution < 1.29 is 22.7 Å². The van der Waals surface area contributed by atoms with Crippen LogP contribution in [0.3, 0.4) is 0 Å².